The Balaban J connectivity index is -0.000000289. The maximum Gasteiger partial charge on any atom is 0.102 e. The summed E-state index contributed by atoms with van der Waals surface area (Å²) in [6.45, 7) is 30.8. The Morgan fingerprint density at radius 1 is 0.519 bits per heavy atom. The first-order chi connectivity index (χ1) is 38.3. The summed E-state index contributed by atoms with van der Waals surface area (Å²) in [6, 6.07) is 56.2. The Morgan fingerprint density at radius 3 is 1.06 bits per heavy atom. The normalized spacial score (nSPS) is 9.41. The van der Waals surface area contributed by atoms with E-state index in [4.69, 9.17) is 38.9 Å². The number of aromatic nitrogens is 4. The molecule has 7 rings (SSSR count). The third-order valence-corrected chi connectivity index (χ3v) is 16.8. The molecule has 19 heteroatoms. The van der Waals surface area contributed by atoms with Crippen molar-refractivity contribution in [2.75, 3.05) is 39.5 Å². The number of halogens is 3. The van der Waals surface area contributed by atoms with E-state index < -0.39 is 7.92 Å². The largest absolute Gasteiger partial charge is 0.102 e. The SMILES string of the molecule is CC(C)[PH+](CC[N-]Cc1ccccn1)C(C)C.CO.[CH-]=O.[CH2-]CCNCc1ccccn1.[CH2-]CCNCc1ccccn1.[CH2-]CC[N-]Cc1ccccn1.[CH3-].[Cl][OsH].[Cl][Ru+2][Cl].[RuH+3].[RuH+3].c1ccc([PH+](c2ccccc2)c2ccccc2)cc1. The Labute approximate surface area is 548 Å². The first kappa shape index (κ1) is 87.7. The van der Waals surface area contributed by atoms with E-state index in [9.17, 15) is 0 Å². The van der Waals surface area contributed by atoms with Gasteiger partial charge in [0, 0.05) is 70.5 Å². The monoisotopic (exact) mass is 1640 g/mol. The number of carbonyl (C=O) groups excluding carboxylic acids is 1. The van der Waals surface area contributed by atoms with Gasteiger partial charge in [-0.25, -0.2) is 6.42 Å². The van der Waals surface area contributed by atoms with Gasteiger partial charge in [-0.15, -0.1) is 19.6 Å². The molecule has 10 nitrogen and oxygen atoms in total. The Morgan fingerprint density at radius 2 is 0.802 bits per heavy atom. The number of aliphatic hydroxyl groups excluding tert-OH is 1. The zero-order valence-electron chi connectivity index (χ0n) is 47.9. The Hall–Kier alpha value is -2.03. The van der Waals surface area contributed by atoms with Crippen LogP contribution in [0, 0.1) is 28.2 Å². The van der Waals surface area contributed by atoms with Crippen LogP contribution in [0.4, 0.5) is 0 Å². The van der Waals surface area contributed by atoms with Crippen LogP contribution in [0.2, 0.25) is 0 Å². The van der Waals surface area contributed by atoms with Crippen molar-refractivity contribution < 1.29 is 81.6 Å². The Kier molecular flexibility index (Phi) is 72.7. The van der Waals surface area contributed by atoms with E-state index in [0.29, 0.717) is 0 Å². The fraction of sp³-hybridized carbons (Fsp3) is 0.306. The van der Waals surface area contributed by atoms with Gasteiger partial charge in [0.1, 0.15) is 15.9 Å². The fourth-order valence-electron chi connectivity index (χ4n) is 6.94. The summed E-state index contributed by atoms with van der Waals surface area (Å²) in [6.07, 6.45) is 11.2. The molecule has 0 aliphatic rings. The van der Waals surface area contributed by atoms with Gasteiger partial charge in [0.05, 0.1) is 30.6 Å². The summed E-state index contributed by atoms with van der Waals surface area (Å²) in [5.74, 6) is 0. The van der Waals surface area contributed by atoms with Crippen LogP contribution in [0.15, 0.2) is 189 Å². The van der Waals surface area contributed by atoms with Crippen molar-refractivity contribution in [3.05, 3.63) is 250 Å². The molecule has 0 saturated carbocycles. The maximum absolute atomic E-state index is 7.75. The molecule has 0 saturated heterocycles. The van der Waals surface area contributed by atoms with Crippen LogP contribution in [-0.2, 0) is 103 Å². The van der Waals surface area contributed by atoms with Gasteiger partial charge in [-0.3, -0.25) is 26.7 Å². The van der Waals surface area contributed by atoms with Crippen molar-refractivity contribution in [1.82, 2.24) is 30.6 Å². The minimum absolute atomic E-state index is 0. The second kappa shape index (κ2) is 67.1. The van der Waals surface area contributed by atoms with Gasteiger partial charge in [0.15, 0.2) is 0 Å². The number of nitrogens with zero attached hydrogens (tertiary/aromatic N) is 6. The summed E-state index contributed by atoms with van der Waals surface area (Å²) in [4.78, 5) is 24.5. The van der Waals surface area contributed by atoms with Gasteiger partial charge in [-0.05, 0) is 126 Å². The predicted octanol–water partition coefficient (Wildman–Crippen LogP) is 13.2. The van der Waals surface area contributed by atoms with Crippen molar-refractivity contribution in [2.45, 2.75) is 84.5 Å². The first-order valence-corrected chi connectivity index (χ1v) is 36.7. The first-order valence-electron chi connectivity index (χ1n) is 25.5. The van der Waals surface area contributed by atoms with Crippen molar-refractivity contribution in [3.63, 3.8) is 0 Å². The van der Waals surface area contributed by atoms with E-state index in [0.717, 1.165) is 113 Å². The topological polar surface area (TPSA) is 141 Å². The van der Waals surface area contributed by atoms with Crippen LogP contribution >= 0.6 is 44.9 Å². The molecule has 2 radical (unpaired) electrons. The van der Waals surface area contributed by atoms with Gasteiger partial charge >= 0.3 is 101 Å². The summed E-state index contributed by atoms with van der Waals surface area (Å²) < 4.78 is 0. The van der Waals surface area contributed by atoms with Gasteiger partial charge in [-0.2, -0.15) is 19.4 Å². The molecule has 0 atom stereocenters. The quantitative estimate of drug-likeness (QED) is 0.0200. The minimum Gasteiger partial charge on any atom is -0.0620 e. The number of nitrogens with one attached hydrogen (secondary N) is 2. The molecule has 4 heterocycles. The van der Waals surface area contributed by atoms with Gasteiger partial charge in [-0.1, -0.05) is 78.9 Å². The van der Waals surface area contributed by atoms with Crippen LogP contribution in [-0.4, -0.2) is 82.6 Å². The van der Waals surface area contributed by atoms with Crippen molar-refractivity contribution >= 4 is 67.6 Å². The molecule has 0 aliphatic heterocycles. The molecule has 0 spiro atoms. The number of aliphatic hydroxyl groups is 1. The van der Waals surface area contributed by atoms with Crippen LogP contribution in [0.25, 0.3) is 10.6 Å². The molecular formula is C62H90Cl3N8O2OsP2Ru3+3. The average molecular weight is 1640 g/mol. The van der Waals surface area contributed by atoms with Crippen molar-refractivity contribution in [2.24, 2.45) is 0 Å². The molecule has 0 unspecified atom stereocenters. The Bertz CT molecular complexity index is 2060. The van der Waals surface area contributed by atoms with E-state index in [1.54, 1.807) is 18.6 Å². The van der Waals surface area contributed by atoms with E-state index in [2.05, 4.69) is 187 Å². The smallest absolute Gasteiger partial charge is 0.0620 e. The number of benzene rings is 3. The molecule has 0 bridgehead atoms. The second-order valence-electron chi connectivity index (χ2n) is 16.6. The molecule has 3 N–H and O–H groups in total. The zero-order chi connectivity index (χ0) is 58.1. The van der Waals surface area contributed by atoms with E-state index in [-0.39, 0.29) is 69.4 Å². The van der Waals surface area contributed by atoms with Gasteiger partial charge in [0.2, 0.25) is 0 Å². The molecule has 0 fully saturated rings. The minimum atomic E-state index is -0.877. The van der Waals surface area contributed by atoms with E-state index in [1.165, 1.54) is 39.7 Å². The van der Waals surface area contributed by atoms with Gasteiger partial charge in [0.25, 0.3) is 0 Å². The molecule has 0 aliphatic carbocycles. The third kappa shape index (κ3) is 48.9. The number of pyridine rings is 4. The molecule has 450 valence electrons. The van der Waals surface area contributed by atoms with Crippen molar-refractivity contribution in [1.29, 1.82) is 0 Å². The molecule has 7 aromatic rings. The molecule has 3 aromatic carbocycles. The third-order valence-electron chi connectivity index (χ3n) is 10.3. The van der Waals surface area contributed by atoms with Gasteiger partial charge < -0.3 is 59.4 Å². The molecule has 0 amide bonds. The van der Waals surface area contributed by atoms with E-state index >= 15 is 0 Å². The number of rotatable bonds is 22. The summed E-state index contributed by atoms with van der Waals surface area (Å²) >= 11 is 0.849. The summed E-state index contributed by atoms with van der Waals surface area (Å²) in [5.41, 5.74) is 5.98. The average Bonchev–Trinajstić information content (AvgIpc) is 3.51. The number of hydrogen-bond acceptors (Lipinski definition) is 8. The van der Waals surface area contributed by atoms with Crippen molar-refractivity contribution in [3.8, 4) is 0 Å². The predicted molar refractivity (Wildman–Crippen MR) is 347 cm³/mol. The van der Waals surface area contributed by atoms with E-state index in [1.807, 2.05) is 79.0 Å². The molecular weight excluding hydrogens is 1550 g/mol. The fourth-order valence-corrected chi connectivity index (χ4v) is 12.4. The number of hydrogen-bond donors (Lipinski definition) is 3. The van der Waals surface area contributed by atoms with Crippen LogP contribution in [0.3, 0.4) is 0 Å². The summed E-state index contributed by atoms with van der Waals surface area (Å²) in [5, 5.41) is 26.6. The summed E-state index contributed by atoms with van der Waals surface area (Å²) in [7, 11) is 14.3. The van der Waals surface area contributed by atoms with Crippen LogP contribution in [0.5, 0.6) is 0 Å². The van der Waals surface area contributed by atoms with Crippen LogP contribution in [0.1, 0.15) is 69.7 Å². The standard InChI is InChI=1S/C18H15P.C14H24N2P.2C9H13N2.C9H12N2.CH4O.CHO.CH3.3ClH.Os.3Ru.3H/c1-4-10-16(11-5-1)19(17-12-6-2-7-13-17)18-14-8-3-9-15-18;1-12(2)17(13(3)4)10-9-15-11-14-7-5-6-8-16-14;3*1-2-6-10-8-9-5-3-4-7-11-9;2*1-2;;;;;;;;;;;/h1-15H;5-8,12-13H,9-11H2,1-4H3;2*3-5,7,10H,1-2,6,8H2;3-5,7H,1-2,6,8H2;2H,1H3;1H;1H3;3*1H;;;;;;;/q;3*-1;-2;;2*-1;;;;+1;2*+3;+4;;;/p-1. The molecule has 4 aromatic heterocycles. The zero-order valence-corrected chi connectivity index (χ0v) is 60.3. The maximum atomic E-state index is 7.75. The molecule has 81 heavy (non-hydrogen) atoms. The second-order valence-corrected chi connectivity index (χ2v) is 25.6. The van der Waals surface area contributed by atoms with Crippen LogP contribution < -0.4 is 26.5 Å².